The molecule has 1 aromatic heterocycles. The zero-order valence-corrected chi connectivity index (χ0v) is 19.9. The number of nitrogens with zero attached hydrogens (tertiary/aromatic N) is 2. The van der Waals surface area contributed by atoms with E-state index in [1.54, 1.807) is 0 Å². The lowest BCUT2D eigenvalue weighted by Crippen LogP contribution is -2.50. The van der Waals surface area contributed by atoms with Crippen LogP contribution in [0.4, 0.5) is 0 Å². The largest absolute Gasteiger partial charge is 0.384 e. The van der Waals surface area contributed by atoms with Gasteiger partial charge in [0.15, 0.2) is 0 Å². The van der Waals surface area contributed by atoms with Crippen LogP contribution >= 0.6 is 0 Å². The molecule has 1 fully saturated rings. The Hall–Kier alpha value is -3.61. The molecule has 2 aromatic carbocycles. The van der Waals surface area contributed by atoms with Crippen LogP contribution in [0, 0.1) is 5.41 Å². The number of hydrogen-bond acceptors (Lipinski definition) is 3. The van der Waals surface area contributed by atoms with Crippen molar-refractivity contribution in [2.45, 2.75) is 51.1 Å². The number of benzene rings is 2. The highest BCUT2D eigenvalue weighted by Crippen LogP contribution is 2.26. The van der Waals surface area contributed by atoms with Gasteiger partial charge in [0.25, 0.3) is 0 Å². The van der Waals surface area contributed by atoms with E-state index in [0.717, 1.165) is 54.3 Å². The Kier molecular flexibility index (Phi) is 7.01. The van der Waals surface area contributed by atoms with Crippen LogP contribution in [0.3, 0.4) is 0 Å². The van der Waals surface area contributed by atoms with Gasteiger partial charge in [-0.2, -0.15) is 0 Å². The smallest absolute Gasteiger partial charge is 0.245 e. The Morgan fingerprint density at radius 1 is 1.18 bits per heavy atom. The van der Waals surface area contributed by atoms with Gasteiger partial charge in [0, 0.05) is 49.8 Å². The first kappa shape index (κ1) is 23.5. The summed E-state index contributed by atoms with van der Waals surface area (Å²) in [5.74, 6) is -0.121. The zero-order chi connectivity index (χ0) is 24.2. The fourth-order valence-corrected chi connectivity index (χ4v) is 5.03. The van der Waals surface area contributed by atoms with Crippen molar-refractivity contribution in [1.29, 1.82) is 5.41 Å². The first-order valence-corrected chi connectivity index (χ1v) is 11.9. The molecule has 178 valence electrons. The van der Waals surface area contributed by atoms with Gasteiger partial charge in [-0.25, -0.2) is 0 Å². The molecule has 7 heteroatoms. The van der Waals surface area contributed by atoms with E-state index in [1.807, 2.05) is 60.5 Å². The second kappa shape index (κ2) is 10.1. The molecular weight excluding hydrogens is 426 g/mol. The van der Waals surface area contributed by atoms with E-state index in [1.165, 1.54) is 12.6 Å². The van der Waals surface area contributed by atoms with Crippen LogP contribution in [-0.4, -0.2) is 45.7 Å². The van der Waals surface area contributed by atoms with Gasteiger partial charge in [0.1, 0.15) is 11.9 Å². The van der Waals surface area contributed by atoms with E-state index >= 15 is 0 Å². The molecule has 34 heavy (non-hydrogen) atoms. The van der Waals surface area contributed by atoms with Crippen LogP contribution in [0.25, 0.3) is 10.9 Å². The van der Waals surface area contributed by atoms with Crippen LogP contribution in [0.5, 0.6) is 0 Å². The molecule has 0 aliphatic carbocycles. The predicted octanol–water partition coefficient (Wildman–Crippen LogP) is 3.13. The van der Waals surface area contributed by atoms with Gasteiger partial charge in [-0.05, 0) is 48.8 Å². The van der Waals surface area contributed by atoms with E-state index in [9.17, 15) is 9.59 Å². The summed E-state index contributed by atoms with van der Waals surface area (Å²) < 4.78 is 2.15. The molecule has 1 saturated heterocycles. The summed E-state index contributed by atoms with van der Waals surface area (Å²) in [4.78, 5) is 27.3. The van der Waals surface area contributed by atoms with Gasteiger partial charge in [-0.1, -0.05) is 42.5 Å². The number of amides is 2. The average Bonchev–Trinajstić information content (AvgIpc) is 3.41. The molecule has 7 nitrogen and oxygen atoms in total. The van der Waals surface area contributed by atoms with Crippen LogP contribution in [0.1, 0.15) is 43.0 Å². The molecule has 3 aromatic rings. The minimum absolute atomic E-state index is 0.00435. The number of fused-ring (bicyclic) bond motifs is 1. The lowest BCUT2D eigenvalue weighted by molar-refractivity contribution is -0.136. The molecular formula is C27H33N5O2. The van der Waals surface area contributed by atoms with Crippen molar-refractivity contribution >= 4 is 28.6 Å². The summed E-state index contributed by atoms with van der Waals surface area (Å²) in [5, 5.41) is 11.7. The Bertz CT molecular complexity index is 1200. The summed E-state index contributed by atoms with van der Waals surface area (Å²) in [6.45, 7) is 2.19. The number of nitrogens with one attached hydrogen (secondary N) is 2. The number of rotatable bonds is 8. The van der Waals surface area contributed by atoms with E-state index < -0.39 is 6.04 Å². The highest BCUT2D eigenvalue weighted by atomic mass is 16.2. The number of aryl methyl sites for hydroxylation is 2. The van der Waals surface area contributed by atoms with Crippen LogP contribution in [-0.2, 0) is 29.5 Å². The maximum absolute atomic E-state index is 13.5. The van der Waals surface area contributed by atoms with Gasteiger partial charge >= 0.3 is 0 Å². The van der Waals surface area contributed by atoms with Crippen molar-refractivity contribution in [3.05, 3.63) is 71.4 Å². The van der Waals surface area contributed by atoms with Gasteiger partial charge in [0.2, 0.25) is 11.8 Å². The number of nitrogens with two attached hydrogens (primary N) is 1. The standard InChI is InChI=1S/C27H33N5O2/c1-18(33)30-24(15-19-7-4-3-5-8-19)27(34)32-14-6-9-22(32)12-13-23-16-20-10-11-21(26(28)29)17-25(20)31(23)2/h3-5,7-8,10-11,16-17,22,24H,6,9,12-15H2,1-2H3,(H3,28,29)(H,30,33)/t22-,24+/m0/s1. The minimum Gasteiger partial charge on any atom is -0.384 e. The normalized spacial score (nSPS) is 16.5. The molecule has 2 heterocycles. The Morgan fingerprint density at radius 2 is 1.94 bits per heavy atom. The third-order valence-electron chi connectivity index (χ3n) is 6.81. The highest BCUT2D eigenvalue weighted by Gasteiger charge is 2.33. The number of carbonyl (C=O) groups is 2. The molecule has 2 amide bonds. The fourth-order valence-electron chi connectivity index (χ4n) is 5.03. The Labute approximate surface area is 200 Å². The maximum Gasteiger partial charge on any atom is 0.245 e. The van der Waals surface area contributed by atoms with E-state index in [-0.39, 0.29) is 23.7 Å². The Morgan fingerprint density at radius 3 is 2.65 bits per heavy atom. The summed E-state index contributed by atoms with van der Waals surface area (Å²) in [7, 11) is 2.03. The van der Waals surface area contributed by atoms with Crippen LogP contribution in [0.2, 0.25) is 0 Å². The molecule has 0 unspecified atom stereocenters. The summed E-state index contributed by atoms with van der Waals surface area (Å²) in [6, 6.07) is 17.4. The monoisotopic (exact) mass is 459 g/mol. The zero-order valence-electron chi connectivity index (χ0n) is 19.9. The molecule has 0 radical (unpaired) electrons. The lowest BCUT2D eigenvalue weighted by Gasteiger charge is -2.29. The Balaban J connectivity index is 1.47. The van der Waals surface area contributed by atoms with Gasteiger partial charge < -0.3 is 20.5 Å². The van der Waals surface area contributed by atoms with Crippen LogP contribution < -0.4 is 11.1 Å². The second-order valence-electron chi connectivity index (χ2n) is 9.19. The predicted molar refractivity (Wildman–Crippen MR) is 135 cm³/mol. The summed E-state index contributed by atoms with van der Waals surface area (Å²) in [6.07, 6.45) is 4.16. The fraction of sp³-hybridized carbons (Fsp3) is 0.370. The second-order valence-corrected chi connectivity index (χ2v) is 9.19. The lowest BCUT2D eigenvalue weighted by atomic mass is 10.0. The van der Waals surface area contributed by atoms with Crippen LogP contribution in [0.15, 0.2) is 54.6 Å². The van der Waals surface area contributed by atoms with Gasteiger partial charge in [-0.3, -0.25) is 15.0 Å². The quantitative estimate of drug-likeness (QED) is 0.356. The molecule has 0 spiro atoms. The van der Waals surface area contributed by atoms with E-state index in [2.05, 4.69) is 16.0 Å². The first-order valence-electron chi connectivity index (χ1n) is 11.9. The molecule has 1 aliphatic heterocycles. The van der Waals surface area contributed by atoms with Crippen molar-refractivity contribution in [3.63, 3.8) is 0 Å². The number of nitrogen functional groups attached to an aromatic ring is 1. The third kappa shape index (κ3) is 5.14. The molecule has 4 rings (SSSR count). The van der Waals surface area contributed by atoms with Crippen molar-refractivity contribution in [3.8, 4) is 0 Å². The first-order chi connectivity index (χ1) is 16.3. The van der Waals surface area contributed by atoms with Crippen molar-refractivity contribution in [2.75, 3.05) is 6.54 Å². The minimum atomic E-state index is -0.553. The van der Waals surface area contributed by atoms with Crippen molar-refractivity contribution < 1.29 is 9.59 Å². The molecule has 1 aliphatic rings. The van der Waals surface area contributed by atoms with Crippen molar-refractivity contribution in [1.82, 2.24) is 14.8 Å². The average molecular weight is 460 g/mol. The summed E-state index contributed by atoms with van der Waals surface area (Å²) >= 11 is 0. The van der Waals surface area contributed by atoms with Gasteiger partial charge in [-0.15, -0.1) is 0 Å². The SMILES string of the molecule is CC(=O)N[C@H](Cc1ccccc1)C(=O)N1CCC[C@H]1CCc1cc2ccc(C(=N)N)cc2n1C. The summed E-state index contributed by atoms with van der Waals surface area (Å²) in [5.41, 5.74) is 9.65. The molecule has 0 saturated carbocycles. The molecule has 0 bridgehead atoms. The highest BCUT2D eigenvalue weighted by molar-refractivity contribution is 5.98. The number of amidine groups is 1. The van der Waals surface area contributed by atoms with Crippen molar-refractivity contribution in [2.24, 2.45) is 12.8 Å². The number of hydrogen-bond donors (Lipinski definition) is 3. The maximum atomic E-state index is 13.5. The molecule has 4 N–H and O–H groups in total. The van der Waals surface area contributed by atoms with Gasteiger partial charge in [0.05, 0.1) is 0 Å². The third-order valence-corrected chi connectivity index (χ3v) is 6.81. The topological polar surface area (TPSA) is 104 Å². The molecule has 2 atom stereocenters. The number of likely N-dealkylation sites (tertiary alicyclic amines) is 1. The number of aromatic nitrogens is 1. The van der Waals surface area contributed by atoms with E-state index in [4.69, 9.17) is 11.1 Å². The number of carbonyl (C=O) groups excluding carboxylic acids is 2. The van der Waals surface area contributed by atoms with E-state index in [0.29, 0.717) is 6.42 Å².